The Morgan fingerprint density at radius 3 is 2.84 bits per heavy atom. The van der Waals surface area contributed by atoms with Crippen LogP contribution in [0.2, 0.25) is 0 Å². The molecule has 1 amide bonds. The van der Waals surface area contributed by atoms with Gasteiger partial charge in [-0.15, -0.1) is 0 Å². The van der Waals surface area contributed by atoms with E-state index in [1.54, 1.807) is 19.2 Å². The summed E-state index contributed by atoms with van der Waals surface area (Å²) in [5.41, 5.74) is 0.472. The van der Waals surface area contributed by atoms with E-state index in [1.807, 2.05) is 6.92 Å². The van der Waals surface area contributed by atoms with E-state index in [4.69, 9.17) is 4.74 Å². The Hall–Kier alpha value is -1.95. The smallest absolute Gasteiger partial charge is 0.271 e. The number of nitrogens with zero attached hydrogens (tertiary/aromatic N) is 2. The Kier molecular flexibility index (Phi) is 3.80. The van der Waals surface area contributed by atoms with Crippen LogP contribution >= 0.6 is 0 Å². The maximum Gasteiger partial charge on any atom is 0.271 e. The summed E-state index contributed by atoms with van der Waals surface area (Å²) in [7, 11) is 1.61. The van der Waals surface area contributed by atoms with E-state index in [2.05, 4.69) is 0 Å². The summed E-state index contributed by atoms with van der Waals surface area (Å²) in [6.07, 6.45) is 0.406. The molecule has 1 aliphatic rings. The van der Waals surface area contributed by atoms with E-state index in [-0.39, 0.29) is 17.5 Å². The van der Waals surface area contributed by atoms with E-state index < -0.39 is 11.0 Å². The lowest BCUT2D eigenvalue weighted by Crippen LogP contribution is -2.38. The van der Waals surface area contributed by atoms with Crippen LogP contribution in [0.5, 0.6) is 0 Å². The van der Waals surface area contributed by atoms with E-state index in [1.165, 1.54) is 17.0 Å². The molecule has 0 N–H and O–H groups in total. The molecule has 102 valence electrons. The Labute approximate surface area is 111 Å². The van der Waals surface area contributed by atoms with Crippen LogP contribution in [0.25, 0.3) is 0 Å². The molecule has 0 aliphatic carbocycles. The zero-order chi connectivity index (χ0) is 14.0. The largest absolute Gasteiger partial charge is 0.368 e. The molecule has 1 heterocycles. The number of hydrogen-bond acceptors (Lipinski definition) is 4. The molecular weight excluding hydrogens is 248 g/mol. The molecule has 2 atom stereocenters. The minimum Gasteiger partial charge on any atom is -0.368 e. The minimum absolute atomic E-state index is 0.0301. The molecule has 0 radical (unpaired) electrons. The standard InChI is InChI=1S/C13H16N2O4/c1-9-6-7-19-12(9)13(16)14(2)10-4-3-5-11(8-10)15(17)18/h3-5,8-9,12H,6-7H2,1-2H3/t9-,12-/m1/s1. The molecule has 1 fully saturated rings. The summed E-state index contributed by atoms with van der Waals surface area (Å²) >= 11 is 0. The summed E-state index contributed by atoms with van der Waals surface area (Å²) in [6.45, 7) is 2.55. The summed E-state index contributed by atoms with van der Waals surface area (Å²) in [5, 5.41) is 10.7. The van der Waals surface area contributed by atoms with Gasteiger partial charge in [-0.05, 0) is 18.4 Å². The van der Waals surface area contributed by atoms with Gasteiger partial charge in [0.25, 0.3) is 11.6 Å². The average Bonchev–Trinajstić information content (AvgIpc) is 2.83. The van der Waals surface area contributed by atoms with Crippen molar-refractivity contribution in [3.05, 3.63) is 34.4 Å². The zero-order valence-corrected chi connectivity index (χ0v) is 10.9. The first kappa shape index (κ1) is 13.5. The van der Waals surface area contributed by atoms with Crippen LogP contribution in [-0.2, 0) is 9.53 Å². The van der Waals surface area contributed by atoms with Gasteiger partial charge in [0.1, 0.15) is 6.10 Å². The average molecular weight is 264 g/mol. The number of carbonyl (C=O) groups is 1. The topological polar surface area (TPSA) is 72.7 Å². The summed E-state index contributed by atoms with van der Waals surface area (Å²) < 4.78 is 5.42. The lowest BCUT2D eigenvalue weighted by Gasteiger charge is -2.22. The van der Waals surface area contributed by atoms with Crippen molar-refractivity contribution < 1.29 is 14.5 Å². The number of nitro groups is 1. The monoisotopic (exact) mass is 264 g/mol. The van der Waals surface area contributed by atoms with Crippen LogP contribution in [0.15, 0.2) is 24.3 Å². The molecule has 0 spiro atoms. The predicted octanol–water partition coefficient (Wildman–Crippen LogP) is 1.98. The van der Waals surface area contributed by atoms with Gasteiger partial charge in [0, 0.05) is 25.8 Å². The molecule has 0 saturated carbocycles. The van der Waals surface area contributed by atoms with Crippen molar-refractivity contribution in [3.63, 3.8) is 0 Å². The van der Waals surface area contributed by atoms with Crippen molar-refractivity contribution in [2.45, 2.75) is 19.4 Å². The molecular formula is C13H16N2O4. The van der Waals surface area contributed by atoms with Gasteiger partial charge in [-0.3, -0.25) is 14.9 Å². The number of ether oxygens (including phenoxy) is 1. The Balaban J connectivity index is 2.19. The van der Waals surface area contributed by atoms with Crippen LogP contribution < -0.4 is 4.90 Å². The maximum atomic E-state index is 12.3. The SMILES string of the molecule is C[C@@H]1CCO[C@H]1C(=O)N(C)c1cccc([N+](=O)[O-])c1. The fraction of sp³-hybridized carbons (Fsp3) is 0.462. The highest BCUT2D eigenvalue weighted by molar-refractivity contribution is 5.96. The first-order valence-electron chi connectivity index (χ1n) is 6.14. The van der Waals surface area contributed by atoms with Crippen LogP contribution in [-0.4, -0.2) is 30.6 Å². The molecule has 1 aromatic rings. The van der Waals surface area contributed by atoms with E-state index >= 15 is 0 Å². The van der Waals surface area contributed by atoms with Crippen LogP contribution in [0.3, 0.4) is 0 Å². The molecule has 0 unspecified atom stereocenters. The number of carbonyl (C=O) groups excluding carboxylic acids is 1. The molecule has 6 nitrogen and oxygen atoms in total. The third-order valence-corrected chi connectivity index (χ3v) is 3.39. The molecule has 1 saturated heterocycles. The molecule has 6 heteroatoms. The summed E-state index contributed by atoms with van der Waals surface area (Å²) in [5.74, 6) is 0.0131. The van der Waals surface area contributed by atoms with Gasteiger partial charge >= 0.3 is 0 Å². The van der Waals surface area contributed by atoms with Crippen molar-refractivity contribution in [3.8, 4) is 0 Å². The highest BCUT2D eigenvalue weighted by Gasteiger charge is 2.33. The van der Waals surface area contributed by atoms with Gasteiger partial charge in [0.15, 0.2) is 0 Å². The number of hydrogen-bond donors (Lipinski definition) is 0. The lowest BCUT2D eigenvalue weighted by atomic mass is 10.0. The quantitative estimate of drug-likeness (QED) is 0.618. The van der Waals surface area contributed by atoms with Gasteiger partial charge in [-0.2, -0.15) is 0 Å². The first-order chi connectivity index (χ1) is 9.00. The van der Waals surface area contributed by atoms with Crippen molar-refractivity contribution in [1.82, 2.24) is 0 Å². The van der Waals surface area contributed by atoms with Gasteiger partial charge < -0.3 is 9.64 Å². The summed E-state index contributed by atoms with van der Waals surface area (Å²) in [4.78, 5) is 23.9. The second kappa shape index (κ2) is 5.36. The molecule has 1 aliphatic heterocycles. The molecule has 1 aromatic carbocycles. The molecule has 19 heavy (non-hydrogen) atoms. The number of non-ortho nitro benzene ring substituents is 1. The van der Waals surface area contributed by atoms with Crippen LogP contribution in [0.1, 0.15) is 13.3 Å². The third-order valence-electron chi connectivity index (χ3n) is 3.39. The van der Waals surface area contributed by atoms with Gasteiger partial charge in [0.2, 0.25) is 0 Å². The van der Waals surface area contributed by atoms with E-state index in [9.17, 15) is 14.9 Å². The number of rotatable bonds is 3. The fourth-order valence-corrected chi connectivity index (χ4v) is 2.14. The minimum atomic E-state index is -0.476. The van der Waals surface area contributed by atoms with Crippen molar-refractivity contribution in [2.24, 2.45) is 5.92 Å². The maximum absolute atomic E-state index is 12.3. The number of amides is 1. The lowest BCUT2D eigenvalue weighted by molar-refractivity contribution is -0.384. The van der Waals surface area contributed by atoms with Gasteiger partial charge in [-0.1, -0.05) is 13.0 Å². The Morgan fingerprint density at radius 1 is 1.53 bits per heavy atom. The number of anilines is 1. The third kappa shape index (κ3) is 2.73. The second-order valence-electron chi connectivity index (χ2n) is 4.73. The van der Waals surface area contributed by atoms with Crippen molar-refractivity contribution in [2.75, 3.05) is 18.6 Å². The number of likely N-dealkylation sites (N-methyl/N-ethyl adjacent to an activating group) is 1. The molecule has 0 aromatic heterocycles. The van der Waals surface area contributed by atoms with Crippen LogP contribution in [0.4, 0.5) is 11.4 Å². The van der Waals surface area contributed by atoms with Crippen molar-refractivity contribution in [1.29, 1.82) is 0 Å². The first-order valence-corrected chi connectivity index (χ1v) is 6.14. The highest BCUT2D eigenvalue weighted by atomic mass is 16.6. The van der Waals surface area contributed by atoms with Gasteiger partial charge in [-0.25, -0.2) is 0 Å². The van der Waals surface area contributed by atoms with Crippen LogP contribution in [0, 0.1) is 16.0 Å². The predicted molar refractivity (Wildman–Crippen MR) is 70.0 cm³/mol. The second-order valence-corrected chi connectivity index (χ2v) is 4.73. The van der Waals surface area contributed by atoms with E-state index in [0.717, 1.165) is 6.42 Å². The number of nitro benzene ring substituents is 1. The van der Waals surface area contributed by atoms with Crippen molar-refractivity contribution >= 4 is 17.3 Å². The molecule has 2 rings (SSSR count). The number of benzene rings is 1. The zero-order valence-electron chi connectivity index (χ0n) is 10.9. The Bertz CT molecular complexity index is 503. The fourth-order valence-electron chi connectivity index (χ4n) is 2.14. The summed E-state index contributed by atoms with van der Waals surface area (Å²) in [6, 6.07) is 6.02. The highest BCUT2D eigenvalue weighted by Crippen LogP contribution is 2.25. The molecule has 0 bridgehead atoms. The normalized spacial score (nSPS) is 22.2. The Morgan fingerprint density at radius 2 is 2.26 bits per heavy atom. The van der Waals surface area contributed by atoms with Gasteiger partial charge in [0.05, 0.1) is 10.6 Å². The van der Waals surface area contributed by atoms with E-state index in [0.29, 0.717) is 12.3 Å².